The van der Waals surface area contributed by atoms with E-state index in [1.54, 1.807) is 0 Å². The molecule has 6 heteroatoms. The summed E-state index contributed by atoms with van der Waals surface area (Å²) in [7, 11) is 0. The lowest BCUT2D eigenvalue weighted by Gasteiger charge is -2.29. The number of ether oxygens (including phenoxy) is 1. The normalized spacial score (nSPS) is 21.3. The van der Waals surface area contributed by atoms with Gasteiger partial charge in [0.15, 0.2) is 0 Å². The molecule has 1 saturated heterocycles. The van der Waals surface area contributed by atoms with Crippen molar-refractivity contribution in [3.05, 3.63) is 48.3 Å². The Kier molecular flexibility index (Phi) is 6.12. The maximum Gasteiger partial charge on any atom is 0.251 e. The van der Waals surface area contributed by atoms with Crippen LogP contribution in [0.3, 0.4) is 0 Å². The second-order valence-electron chi connectivity index (χ2n) is 9.11. The summed E-state index contributed by atoms with van der Waals surface area (Å²) in [5.41, 5.74) is 5.99. The fourth-order valence-corrected chi connectivity index (χ4v) is 4.99. The first-order chi connectivity index (χ1) is 15.7. The van der Waals surface area contributed by atoms with Crippen LogP contribution in [0.15, 0.2) is 42.7 Å². The molecule has 2 fully saturated rings. The molecule has 168 valence electrons. The van der Waals surface area contributed by atoms with Gasteiger partial charge >= 0.3 is 0 Å². The van der Waals surface area contributed by atoms with Crippen molar-refractivity contribution in [2.45, 2.75) is 51.1 Å². The van der Waals surface area contributed by atoms with Crippen LogP contribution >= 0.6 is 0 Å². The second kappa shape index (κ2) is 9.33. The van der Waals surface area contributed by atoms with Crippen LogP contribution in [0.5, 0.6) is 0 Å². The number of rotatable bonds is 4. The summed E-state index contributed by atoms with van der Waals surface area (Å²) in [6.07, 6.45) is 11.7. The standard InChI is InChI=1S/C26H32N4O2/c1-18-13-24(26(31)29-21-5-3-2-4-6-21)23-15-19(7-8-25(23)28-18)20-14-22(17-27-16-20)30-9-11-32-12-10-30/h7-8,13-18,21,28H,2-6,9-12H2,1H3,(H,29,31). The Morgan fingerprint density at radius 3 is 2.72 bits per heavy atom. The van der Waals surface area contributed by atoms with E-state index in [9.17, 15) is 4.79 Å². The minimum absolute atomic E-state index is 0.0452. The van der Waals surface area contributed by atoms with E-state index in [4.69, 9.17) is 4.74 Å². The van der Waals surface area contributed by atoms with Crippen LogP contribution in [-0.2, 0) is 9.53 Å². The van der Waals surface area contributed by atoms with Gasteiger partial charge in [0.2, 0.25) is 0 Å². The minimum atomic E-state index is 0.0452. The number of anilines is 2. The fourth-order valence-electron chi connectivity index (χ4n) is 4.99. The van der Waals surface area contributed by atoms with E-state index in [1.165, 1.54) is 19.3 Å². The number of hydrogen-bond donors (Lipinski definition) is 2. The van der Waals surface area contributed by atoms with Crippen molar-refractivity contribution in [3.8, 4) is 11.1 Å². The van der Waals surface area contributed by atoms with E-state index >= 15 is 0 Å². The molecule has 0 spiro atoms. The molecule has 1 amide bonds. The van der Waals surface area contributed by atoms with Crippen LogP contribution in [0, 0.1) is 0 Å². The number of amides is 1. The van der Waals surface area contributed by atoms with Crippen molar-refractivity contribution in [2.24, 2.45) is 0 Å². The molecule has 3 heterocycles. The summed E-state index contributed by atoms with van der Waals surface area (Å²) in [6, 6.07) is 8.92. The van der Waals surface area contributed by atoms with Gasteiger partial charge in [-0.05, 0) is 49.6 Å². The maximum atomic E-state index is 13.2. The number of nitrogens with zero attached hydrogens (tertiary/aromatic N) is 2. The Morgan fingerprint density at radius 2 is 1.91 bits per heavy atom. The Hall–Kier alpha value is -2.86. The number of morpholine rings is 1. The zero-order chi connectivity index (χ0) is 21.9. The molecular formula is C26H32N4O2. The number of carbonyl (C=O) groups is 1. The van der Waals surface area contributed by atoms with Crippen molar-refractivity contribution in [1.82, 2.24) is 10.3 Å². The zero-order valence-corrected chi connectivity index (χ0v) is 18.8. The van der Waals surface area contributed by atoms with Gasteiger partial charge in [-0.1, -0.05) is 25.3 Å². The zero-order valence-electron chi connectivity index (χ0n) is 18.8. The van der Waals surface area contributed by atoms with E-state index in [-0.39, 0.29) is 11.9 Å². The van der Waals surface area contributed by atoms with E-state index in [0.717, 1.165) is 72.8 Å². The topological polar surface area (TPSA) is 66.5 Å². The first kappa shape index (κ1) is 21.0. The Bertz CT molecular complexity index is 1010. The summed E-state index contributed by atoms with van der Waals surface area (Å²) >= 11 is 0. The molecule has 1 atom stereocenters. The molecule has 6 nitrogen and oxygen atoms in total. The van der Waals surface area contributed by atoms with Crippen LogP contribution in [0.2, 0.25) is 0 Å². The van der Waals surface area contributed by atoms with Crippen molar-refractivity contribution in [1.29, 1.82) is 0 Å². The number of carbonyl (C=O) groups excluding carboxylic acids is 1. The molecule has 0 radical (unpaired) electrons. The lowest BCUT2D eigenvalue weighted by Crippen LogP contribution is -2.37. The van der Waals surface area contributed by atoms with Gasteiger partial charge in [-0.3, -0.25) is 9.78 Å². The number of nitrogens with one attached hydrogen (secondary N) is 2. The maximum absolute atomic E-state index is 13.2. The minimum Gasteiger partial charge on any atom is -0.379 e. The van der Waals surface area contributed by atoms with Gasteiger partial charge in [-0.25, -0.2) is 0 Å². The number of benzene rings is 1. The third kappa shape index (κ3) is 4.51. The first-order valence-corrected chi connectivity index (χ1v) is 11.9. The smallest absolute Gasteiger partial charge is 0.251 e. The van der Waals surface area contributed by atoms with Gasteiger partial charge in [-0.15, -0.1) is 0 Å². The number of hydrogen-bond acceptors (Lipinski definition) is 5. The highest BCUT2D eigenvalue weighted by atomic mass is 16.5. The number of fused-ring (bicyclic) bond motifs is 1. The van der Waals surface area contributed by atoms with Crippen LogP contribution < -0.4 is 15.5 Å². The molecule has 32 heavy (non-hydrogen) atoms. The fraction of sp³-hybridized carbons (Fsp3) is 0.462. The Labute approximate surface area is 190 Å². The van der Waals surface area contributed by atoms with Crippen molar-refractivity contribution in [3.63, 3.8) is 0 Å². The summed E-state index contributed by atoms with van der Waals surface area (Å²) in [5, 5.41) is 6.79. The highest BCUT2D eigenvalue weighted by molar-refractivity contribution is 6.22. The van der Waals surface area contributed by atoms with E-state index in [0.29, 0.717) is 6.04 Å². The van der Waals surface area contributed by atoms with Gasteiger partial charge in [0.25, 0.3) is 5.91 Å². The molecule has 2 aromatic rings. The highest BCUT2D eigenvalue weighted by Gasteiger charge is 2.25. The van der Waals surface area contributed by atoms with Crippen LogP contribution in [0.1, 0.15) is 44.6 Å². The third-order valence-corrected chi connectivity index (χ3v) is 6.73. The van der Waals surface area contributed by atoms with E-state index in [2.05, 4.69) is 51.7 Å². The number of pyridine rings is 1. The predicted octanol–water partition coefficient (Wildman–Crippen LogP) is 4.23. The molecule has 5 rings (SSSR count). The van der Waals surface area contributed by atoms with Crippen LogP contribution in [0.25, 0.3) is 16.7 Å². The lowest BCUT2D eigenvalue weighted by atomic mass is 9.91. The van der Waals surface area contributed by atoms with E-state index in [1.807, 2.05) is 18.5 Å². The Morgan fingerprint density at radius 1 is 1.09 bits per heavy atom. The largest absolute Gasteiger partial charge is 0.379 e. The van der Waals surface area contributed by atoms with Gasteiger partial charge in [-0.2, -0.15) is 0 Å². The molecular weight excluding hydrogens is 400 g/mol. The molecule has 1 aliphatic carbocycles. The van der Waals surface area contributed by atoms with Crippen molar-refractivity contribution in [2.75, 3.05) is 36.5 Å². The molecule has 0 bridgehead atoms. The average Bonchev–Trinajstić information content (AvgIpc) is 2.84. The average molecular weight is 433 g/mol. The SMILES string of the molecule is CC1C=C(C(=O)NC2CCCCC2)c2cc(-c3cncc(N4CCOCC4)c3)ccc2N1. The molecule has 1 aromatic carbocycles. The first-order valence-electron chi connectivity index (χ1n) is 11.9. The molecule has 1 saturated carbocycles. The summed E-state index contributed by atoms with van der Waals surface area (Å²) in [5.74, 6) is 0.0452. The molecule has 1 aromatic heterocycles. The van der Waals surface area contributed by atoms with Crippen LogP contribution in [-0.4, -0.2) is 49.3 Å². The monoisotopic (exact) mass is 432 g/mol. The van der Waals surface area contributed by atoms with Crippen LogP contribution in [0.4, 0.5) is 11.4 Å². The second-order valence-corrected chi connectivity index (χ2v) is 9.11. The summed E-state index contributed by atoms with van der Waals surface area (Å²) in [6.45, 7) is 5.34. The predicted molar refractivity (Wildman–Crippen MR) is 129 cm³/mol. The van der Waals surface area contributed by atoms with Gasteiger partial charge in [0, 0.05) is 53.8 Å². The van der Waals surface area contributed by atoms with Crippen molar-refractivity contribution < 1.29 is 9.53 Å². The molecule has 3 aliphatic rings. The summed E-state index contributed by atoms with van der Waals surface area (Å²) in [4.78, 5) is 20.1. The molecule has 2 aliphatic heterocycles. The van der Waals surface area contributed by atoms with Crippen molar-refractivity contribution >= 4 is 22.9 Å². The quantitative estimate of drug-likeness (QED) is 0.757. The lowest BCUT2D eigenvalue weighted by molar-refractivity contribution is -0.116. The third-order valence-electron chi connectivity index (χ3n) is 6.73. The summed E-state index contributed by atoms with van der Waals surface area (Å²) < 4.78 is 5.48. The van der Waals surface area contributed by atoms with Gasteiger partial charge < -0.3 is 20.3 Å². The number of aromatic nitrogens is 1. The molecule has 2 N–H and O–H groups in total. The Balaban J connectivity index is 1.42. The van der Waals surface area contributed by atoms with Gasteiger partial charge in [0.05, 0.1) is 25.1 Å². The molecule has 1 unspecified atom stereocenters. The van der Waals surface area contributed by atoms with Gasteiger partial charge in [0.1, 0.15) is 0 Å². The van der Waals surface area contributed by atoms with E-state index < -0.39 is 0 Å². The highest BCUT2D eigenvalue weighted by Crippen LogP contribution is 2.35.